The number of nitrogens with two attached hydrogens (primary N) is 1. The lowest BCUT2D eigenvalue weighted by molar-refractivity contribution is 0.406. The van der Waals surface area contributed by atoms with Crippen molar-refractivity contribution < 1.29 is 4.74 Å². The molecule has 0 saturated carbocycles. The summed E-state index contributed by atoms with van der Waals surface area (Å²) in [5.41, 5.74) is 8.81. The van der Waals surface area contributed by atoms with Crippen LogP contribution < -0.4 is 15.4 Å². The first-order chi connectivity index (χ1) is 12.5. The van der Waals surface area contributed by atoms with Crippen LogP contribution in [-0.4, -0.2) is 28.6 Å². The quantitative estimate of drug-likeness (QED) is 0.518. The predicted molar refractivity (Wildman–Crippen MR) is 107 cm³/mol. The van der Waals surface area contributed by atoms with E-state index >= 15 is 0 Å². The monoisotopic (exact) mass is 377 g/mol. The minimum atomic E-state index is 0.178. The number of rotatable bonds is 9. The second-order valence-corrected chi connectivity index (χ2v) is 6.82. The average Bonchev–Trinajstić information content (AvgIpc) is 2.59. The number of pyridine rings is 1. The van der Waals surface area contributed by atoms with Crippen molar-refractivity contribution >= 4 is 23.4 Å². The van der Waals surface area contributed by atoms with Crippen LogP contribution in [0.5, 0.6) is 5.75 Å². The van der Waals surface area contributed by atoms with E-state index in [1.807, 2.05) is 20.0 Å². The Kier molecular flexibility index (Phi) is 7.45. The highest BCUT2D eigenvalue weighted by molar-refractivity contribution is 6.29. The minimum Gasteiger partial charge on any atom is -0.496 e. The summed E-state index contributed by atoms with van der Waals surface area (Å²) in [7, 11) is 1.69. The highest BCUT2D eigenvalue weighted by Crippen LogP contribution is 2.26. The van der Waals surface area contributed by atoms with Crippen molar-refractivity contribution in [3.8, 4) is 5.75 Å². The molecule has 0 saturated heterocycles. The van der Waals surface area contributed by atoms with Crippen LogP contribution in [0.1, 0.15) is 49.4 Å². The van der Waals surface area contributed by atoms with E-state index in [2.05, 4.69) is 26.8 Å². The Balaban J connectivity index is 2.29. The highest BCUT2D eigenvalue weighted by Gasteiger charge is 2.16. The summed E-state index contributed by atoms with van der Waals surface area (Å²) in [5.74, 6) is 1.78. The van der Waals surface area contributed by atoms with E-state index in [1.54, 1.807) is 13.2 Å². The maximum Gasteiger partial charge on any atom is 0.223 e. The summed E-state index contributed by atoms with van der Waals surface area (Å²) in [4.78, 5) is 15.1. The predicted octanol–water partition coefficient (Wildman–Crippen LogP) is 4.32. The molecule has 2 aromatic rings. The molecule has 2 aromatic heterocycles. The van der Waals surface area contributed by atoms with Gasteiger partial charge in [0.15, 0.2) is 0 Å². The van der Waals surface area contributed by atoms with E-state index in [1.165, 1.54) is 19.3 Å². The fourth-order valence-corrected chi connectivity index (χ4v) is 3.18. The lowest BCUT2D eigenvalue weighted by Gasteiger charge is -2.25. The standard InChI is InChI=1S/C19H28ClN5O/c1-5-6-7-8-9-25(17-10-16(20)23-19(21)24-17)12-15-14(3)18(26-4)13(2)11-22-15/h10-11H,5-9,12H2,1-4H3,(H2,21,23,24). The number of hydrogen-bond donors (Lipinski definition) is 1. The first-order valence-electron chi connectivity index (χ1n) is 9.00. The van der Waals surface area contributed by atoms with Gasteiger partial charge in [0.05, 0.1) is 19.3 Å². The van der Waals surface area contributed by atoms with Gasteiger partial charge in [-0.2, -0.15) is 4.98 Å². The zero-order valence-electron chi connectivity index (χ0n) is 16.0. The van der Waals surface area contributed by atoms with Gasteiger partial charge in [0.1, 0.15) is 16.7 Å². The number of nitrogens with zero attached hydrogens (tertiary/aromatic N) is 4. The molecule has 142 valence electrons. The topological polar surface area (TPSA) is 77.2 Å². The van der Waals surface area contributed by atoms with E-state index in [4.69, 9.17) is 22.1 Å². The van der Waals surface area contributed by atoms with Crippen LogP contribution in [0.4, 0.5) is 11.8 Å². The molecule has 0 aliphatic carbocycles. The van der Waals surface area contributed by atoms with E-state index in [9.17, 15) is 0 Å². The molecular weight excluding hydrogens is 350 g/mol. The van der Waals surface area contributed by atoms with E-state index < -0.39 is 0 Å². The number of methoxy groups -OCH3 is 1. The number of ether oxygens (including phenoxy) is 1. The van der Waals surface area contributed by atoms with Gasteiger partial charge in [-0.25, -0.2) is 4.98 Å². The molecule has 2 heterocycles. The van der Waals surface area contributed by atoms with Crippen molar-refractivity contribution in [2.45, 2.75) is 53.0 Å². The summed E-state index contributed by atoms with van der Waals surface area (Å²) in [5, 5.41) is 0.345. The molecule has 0 aliphatic heterocycles. The van der Waals surface area contributed by atoms with Crippen molar-refractivity contribution in [3.05, 3.63) is 34.2 Å². The van der Waals surface area contributed by atoms with Gasteiger partial charge in [-0.3, -0.25) is 4.98 Å². The van der Waals surface area contributed by atoms with E-state index in [0.29, 0.717) is 11.7 Å². The number of aromatic nitrogens is 3. The van der Waals surface area contributed by atoms with Gasteiger partial charge in [-0.15, -0.1) is 0 Å². The van der Waals surface area contributed by atoms with Crippen molar-refractivity contribution in [1.82, 2.24) is 15.0 Å². The fraction of sp³-hybridized carbons (Fsp3) is 0.526. The number of halogens is 1. The molecule has 0 radical (unpaired) electrons. The lowest BCUT2D eigenvalue weighted by Crippen LogP contribution is -2.26. The van der Waals surface area contributed by atoms with Gasteiger partial charge in [-0.05, 0) is 20.3 Å². The highest BCUT2D eigenvalue weighted by atomic mass is 35.5. The molecular formula is C19H28ClN5O. The Morgan fingerprint density at radius 3 is 2.62 bits per heavy atom. The third-order valence-corrected chi connectivity index (χ3v) is 4.59. The summed E-state index contributed by atoms with van der Waals surface area (Å²) in [6, 6.07) is 1.75. The van der Waals surface area contributed by atoms with Gasteiger partial charge in [0.25, 0.3) is 0 Å². The number of hydrogen-bond acceptors (Lipinski definition) is 6. The molecule has 0 amide bonds. The van der Waals surface area contributed by atoms with Gasteiger partial charge < -0.3 is 15.4 Å². The first-order valence-corrected chi connectivity index (χ1v) is 9.38. The van der Waals surface area contributed by atoms with Crippen molar-refractivity contribution in [2.75, 3.05) is 24.3 Å². The Morgan fingerprint density at radius 1 is 1.19 bits per heavy atom. The Hall–Kier alpha value is -2.08. The zero-order chi connectivity index (χ0) is 19.1. The van der Waals surface area contributed by atoms with Gasteiger partial charge in [-0.1, -0.05) is 37.8 Å². The van der Waals surface area contributed by atoms with Crippen LogP contribution in [0.2, 0.25) is 5.15 Å². The first kappa shape index (κ1) is 20.2. The van der Waals surface area contributed by atoms with Crippen LogP contribution in [0.3, 0.4) is 0 Å². The second-order valence-electron chi connectivity index (χ2n) is 6.44. The molecule has 0 spiro atoms. The van der Waals surface area contributed by atoms with Crippen LogP contribution in [0, 0.1) is 13.8 Å². The number of nitrogen functional groups attached to an aromatic ring is 1. The van der Waals surface area contributed by atoms with Crippen LogP contribution >= 0.6 is 11.6 Å². The van der Waals surface area contributed by atoms with Gasteiger partial charge >= 0.3 is 0 Å². The Bertz CT molecular complexity index is 718. The summed E-state index contributed by atoms with van der Waals surface area (Å²) >= 11 is 6.09. The van der Waals surface area contributed by atoms with Crippen LogP contribution in [0.25, 0.3) is 0 Å². The number of unbranched alkanes of at least 4 members (excludes halogenated alkanes) is 3. The maximum atomic E-state index is 6.09. The molecule has 0 bridgehead atoms. The molecule has 2 N–H and O–H groups in total. The van der Waals surface area contributed by atoms with Gasteiger partial charge in [0, 0.05) is 29.9 Å². The molecule has 7 heteroatoms. The maximum absolute atomic E-state index is 6.09. The van der Waals surface area contributed by atoms with Crippen molar-refractivity contribution in [1.29, 1.82) is 0 Å². The normalized spacial score (nSPS) is 10.8. The third kappa shape index (κ3) is 5.21. The molecule has 6 nitrogen and oxygen atoms in total. The largest absolute Gasteiger partial charge is 0.496 e. The van der Waals surface area contributed by atoms with Crippen LogP contribution in [0.15, 0.2) is 12.3 Å². The summed E-state index contributed by atoms with van der Waals surface area (Å²) in [6.45, 7) is 7.70. The molecule has 0 fully saturated rings. The molecule has 0 aromatic carbocycles. The van der Waals surface area contributed by atoms with Gasteiger partial charge in [0.2, 0.25) is 5.95 Å². The Labute approximate surface area is 160 Å². The molecule has 0 aliphatic rings. The summed E-state index contributed by atoms with van der Waals surface area (Å²) < 4.78 is 5.53. The third-order valence-electron chi connectivity index (χ3n) is 4.39. The minimum absolute atomic E-state index is 0.178. The SMILES string of the molecule is CCCCCCN(Cc1ncc(C)c(OC)c1C)c1cc(Cl)nc(N)n1. The number of aryl methyl sites for hydroxylation is 1. The lowest BCUT2D eigenvalue weighted by atomic mass is 10.1. The van der Waals surface area contributed by atoms with Crippen molar-refractivity contribution in [3.63, 3.8) is 0 Å². The van der Waals surface area contributed by atoms with Crippen LogP contribution in [-0.2, 0) is 6.54 Å². The molecule has 0 unspecified atom stereocenters. The molecule has 26 heavy (non-hydrogen) atoms. The smallest absolute Gasteiger partial charge is 0.223 e. The fourth-order valence-electron chi connectivity index (χ4n) is 3.00. The molecule has 2 rings (SSSR count). The molecule has 0 atom stereocenters. The number of anilines is 2. The van der Waals surface area contributed by atoms with E-state index in [-0.39, 0.29) is 5.95 Å². The zero-order valence-corrected chi connectivity index (χ0v) is 16.8. The second kappa shape index (κ2) is 9.57. The summed E-state index contributed by atoms with van der Waals surface area (Å²) in [6.07, 6.45) is 6.50. The van der Waals surface area contributed by atoms with Crippen molar-refractivity contribution in [2.24, 2.45) is 0 Å². The van der Waals surface area contributed by atoms with E-state index in [0.717, 1.165) is 41.4 Å². The average molecular weight is 378 g/mol. The Morgan fingerprint density at radius 2 is 1.96 bits per heavy atom.